The standard InChI is InChI=1S/C24H27N3O3S/c1-4-27(5-2)24(29)17-10-9-11-18(14-17)25-22(28)15-19-16-31-23(26-19)20-12-7-8-13-21(20)30-6-3/h7-14,16H,4-6,15H2,1-3H3,(H,25,28). The molecule has 0 aliphatic carbocycles. The number of thiazole rings is 1. The summed E-state index contributed by atoms with van der Waals surface area (Å²) < 4.78 is 5.68. The first-order valence-corrected chi connectivity index (χ1v) is 11.3. The third kappa shape index (κ3) is 5.70. The second-order valence-electron chi connectivity index (χ2n) is 6.86. The van der Waals surface area contributed by atoms with Gasteiger partial charge in [-0.2, -0.15) is 0 Å². The maximum absolute atomic E-state index is 12.6. The van der Waals surface area contributed by atoms with Crippen molar-refractivity contribution in [2.24, 2.45) is 0 Å². The maximum Gasteiger partial charge on any atom is 0.253 e. The number of nitrogens with one attached hydrogen (secondary N) is 1. The maximum atomic E-state index is 12.6. The quantitative estimate of drug-likeness (QED) is 0.518. The van der Waals surface area contributed by atoms with E-state index in [0.29, 0.717) is 36.6 Å². The van der Waals surface area contributed by atoms with Gasteiger partial charge in [0.25, 0.3) is 5.91 Å². The molecule has 7 heteroatoms. The van der Waals surface area contributed by atoms with Crippen LogP contribution in [0.15, 0.2) is 53.9 Å². The molecular formula is C24H27N3O3S. The molecule has 1 N–H and O–H groups in total. The molecule has 0 saturated carbocycles. The largest absolute Gasteiger partial charge is 0.493 e. The van der Waals surface area contributed by atoms with Crippen molar-refractivity contribution in [3.63, 3.8) is 0 Å². The van der Waals surface area contributed by atoms with Gasteiger partial charge in [-0.25, -0.2) is 4.98 Å². The van der Waals surface area contributed by atoms with Gasteiger partial charge < -0.3 is 15.0 Å². The van der Waals surface area contributed by atoms with Crippen LogP contribution in [-0.2, 0) is 11.2 Å². The second-order valence-corrected chi connectivity index (χ2v) is 7.71. The van der Waals surface area contributed by atoms with Crippen molar-refractivity contribution in [2.45, 2.75) is 27.2 Å². The Hall–Kier alpha value is -3.19. The van der Waals surface area contributed by atoms with Crippen molar-refractivity contribution in [3.8, 4) is 16.3 Å². The molecule has 2 aromatic carbocycles. The van der Waals surface area contributed by atoms with E-state index in [0.717, 1.165) is 16.3 Å². The van der Waals surface area contributed by atoms with Crippen LogP contribution in [-0.4, -0.2) is 41.4 Å². The third-order valence-corrected chi connectivity index (χ3v) is 5.68. The van der Waals surface area contributed by atoms with Crippen LogP contribution < -0.4 is 10.1 Å². The molecule has 3 rings (SSSR count). The highest BCUT2D eigenvalue weighted by molar-refractivity contribution is 7.13. The lowest BCUT2D eigenvalue weighted by Crippen LogP contribution is -2.30. The molecular weight excluding hydrogens is 410 g/mol. The summed E-state index contributed by atoms with van der Waals surface area (Å²) >= 11 is 1.48. The molecule has 0 unspecified atom stereocenters. The van der Waals surface area contributed by atoms with Crippen molar-refractivity contribution in [2.75, 3.05) is 25.0 Å². The SMILES string of the molecule is CCOc1ccccc1-c1nc(CC(=O)Nc2cccc(C(=O)N(CC)CC)c2)cs1. The Morgan fingerprint density at radius 1 is 1.06 bits per heavy atom. The van der Waals surface area contributed by atoms with Crippen LogP contribution in [0.2, 0.25) is 0 Å². The molecule has 0 fully saturated rings. The highest BCUT2D eigenvalue weighted by Gasteiger charge is 2.15. The minimum atomic E-state index is -0.178. The Balaban J connectivity index is 1.67. The lowest BCUT2D eigenvalue weighted by Gasteiger charge is -2.19. The molecule has 0 atom stereocenters. The van der Waals surface area contributed by atoms with E-state index in [9.17, 15) is 9.59 Å². The monoisotopic (exact) mass is 437 g/mol. The van der Waals surface area contributed by atoms with Gasteiger partial charge in [-0.05, 0) is 51.1 Å². The van der Waals surface area contributed by atoms with E-state index in [1.807, 2.05) is 50.4 Å². The van der Waals surface area contributed by atoms with Crippen molar-refractivity contribution < 1.29 is 14.3 Å². The fourth-order valence-electron chi connectivity index (χ4n) is 3.23. The zero-order valence-corrected chi connectivity index (χ0v) is 18.9. The molecule has 0 aliphatic heterocycles. The molecule has 0 aliphatic rings. The van der Waals surface area contributed by atoms with Crippen LogP contribution in [0.25, 0.3) is 10.6 Å². The molecule has 0 spiro atoms. The van der Waals surface area contributed by atoms with Gasteiger partial charge in [0.1, 0.15) is 10.8 Å². The molecule has 31 heavy (non-hydrogen) atoms. The Bertz CT molecular complexity index is 1040. The number of benzene rings is 2. The molecule has 162 valence electrons. The second kappa shape index (κ2) is 10.7. The van der Waals surface area contributed by atoms with E-state index in [1.165, 1.54) is 11.3 Å². The fourth-order valence-corrected chi connectivity index (χ4v) is 4.08. The van der Waals surface area contributed by atoms with E-state index >= 15 is 0 Å². The van der Waals surface area contributed by atoms with Crippen molar-refractivity contribution in [1.82, 2.24) is 9.88 Å². The molecule has 1 aromatic heterocycles. The van der Waals surface area contributed by atoms with Crippen LogP contribution in [0, 0.1) is 0 Å². The first-order valence-electron chi connectivity index (χ1n) is 10.4. The van der Waals surface area contributed by atoms with E-state index in [4.69, 9.17) is 4.74 Å². The average molecular weight is 438 g/mol. The highest BCUT2D eigenvalue weighted by atomic mass is 32.1. The third-order valence-electron chi connectivity index (χ3n) is 4.75. The number of amides is 2. The summed E-state index contributed by atoms with van der Waals surface area (Å²) in [5, 5.41) is 5.58. The lowest BCUT2D eigenvalue weighted by atomic mass is 10.1. The van der Waals surface area contributed by atoms with Gasteiger partial charge in [0, 0.05) is 29.7 Å². The number of aromatic nitrogens is 1. The van der Waals surface area contributed by atoms with Gasteiger partial charge in [-0.15, -0.1) is 11.3 Å². The molecule has 0 saturated heterocycles. The summed E-state index contributed by atoms with van der Waals surface area (Å²) in [6, 6.07) is 14.8. The topological polar surface area (TPSA) is 71.5 Å². The zero-order chi connectivity index (χ0) is 22.2. The molecule has 0 radical (unpaired) electrons. The predicted molar refractivity (Wildman–Crippen MR) is 125 cm³/mol. The summed E-state index contributed by atoms with van der Waals surface area (Å²) in [6.07, 6.45) is 0.154. The van der Waals surface area contributed by atoms with Gasteiger partial charge in [0.15, 0.2) is 0 Å². The molecule has 1 heterocycles. The summed E-state index contributed by atoms with van der Waals surface area (Å²) in [5.74, 6) is 0.561. The van der Waals surface area contributed by atoms with Gasteiger partial charge in [0.2, 0.25) is 5.91 Å². The molecule has 3 aromatic rings. The number of hydrogen-bond donors (Lipinski definition) is 1. The number of hydrogen-bond acceptors (Lipinski definition) is 5. The van der Waals surface area contributed by atoms with Gasteiger partial charge in [-0.1, -0.05) is 18.2 Å². The van der Waals surface area contributed by atoms with Gasteiger partial charge in [0.05, 0.1) is 24.3 Å². The predicted octanol–water partition coefficient (Wildman–Crippen LogP) is 4.87. The number of rotatable bonds is 9. The minimum Gasteiger partial charge on any atom is -0.493 e. The van der Waals surface area contributed by atoms with E-state index in [1.54, 1.807) is 29.2 Å². The normalized spacial score (nSPS) is 10.5. The number of carbonyl (C=O) groups excluding carboxylic acids is 2. The Labute approximate surface area is 186 Å². The highest BCUT2D eigenvalue weighted by Crippen LogP contribution is 2.32. The van der Waals surface area contributed by atoms with Crippen LogP contribution in [0.3, 0.4) is 0 Å². The molecule has 6 nitrogen and oxygen atoms in total. The first kappa shape index (κ1) is 22.5. The fraction of sp³-hybridized carbons (Fsp3) is 0.292. The smallest absolute Gasteiger partial charge is 0.253 e. The van der Waals surface area contributed by atoms with Crippen molar-refractivity contribution >= 4 is 28.8 Å². The van der Waals surface area contributed by atoms with E-state index < -0.39 is 0 Å². The van der Waals surface area contributed by atoms with Crippen molar-refractivity contribution in [3.05, 3.63) is 65.2 Å². The summed E-state index contributed by atoms with van der Waals surface area (Å²) in [7, 11) is 0. The summed E-state index contributed by atoms with van der Waals surface area (Å²) in [4.78, 5) is 31.5. The number of anilines is 1. The minimum absolute atomic E-state index is 0.0433. The number of nitrogens with zero attached hydrogens (tertiary/aromatic N) is 2. The Kier molecular flexibility index (Phi) is 7.78. The zero-order valence-electron chi connectivity index (χ0n) is 18.1. The van der Waals surface area contributed by atoms with E-state index in [2.05, 4.69) is 10.3 Å². The van der Waals surface area contributed by atoms with Crippen LogP contribution in [0.5, 0.6) is 5.75 Å². The molecule has 2 amide bonds. The molecule has 0 bridgehead atoms. The van der Waals surface area contributed by atoms with Gasteiger partial charge >= 0.3 is 0 Å². The number of carbonyl (C=O) groups is 2. The van der Waals surface area contributed by atoms with Crippen LogP contribution >= 0.6 is 11.3 Å². The van der Waals surface area contributed by atoms with Crippen LogP contribution in [0.4, 0.5) is 5.69 Å². The van der Waals surface area contributed by atoms with Gasteiger partial charge in [-0.3, -0.25) is 9.59 Å². The van der Waals surface area contributed by atoms with Crippen LogP contribution in [0.1, 0.15) is 36.8 Å². The Morgan fingerprint density at radius 2 is 1.84 bits per heavy atom. The average Bonchev–Trinajstić information content (AvgIpc) is 3.23. The van der Waals surface area contributed by atoms with Crippen molar-refractivity contribution in [1.29, 1.82) is 0 Å². The summed E-state index contributed by atoms with van der Waals surface area (Å²) in [5.41, 5.74) is 2.77. The summed E-state index contributed by atoms with van der Waals surface area (Å²) in [6.45, 7) is 7.70. The lowest BCUT2D eigenvalue weighted by molar-refractivity contribution is -0.115. The number of para-hydroxylation sites is 1. The number of ether oxygens (including phenoxy) is 1. The van der Waals surface area contributed by atoms with E-state index in [-0.39, 0.29) is 18.2 Å². The Morgan fingerprint density at radius 3 is 2.58 bits per heavy atom. The first-order chi connectivity index (χ1) is 15.0.